The highest BCUT2D eigenvalue weighted by Crippen LogP contribution is 2.28. The van der Waals surface area contributed by atoms with Crippen molar-refractivity contribution >= 4 is 29.4 Å². The summed E-state index contributed by atoms with van der Waals surface area (Å²) in [6.45, 7) is 5.34. The molecule has 0 aliphatic heterocycles. The van der Waals surface area contributed by atoms with Crippen LogP contribution < -0.4 is 5.32 Å². The number of amides is 1. The zero-order valence-corrected chi connectivity index (χ0v) is 14.3. The molecule has 0 heterocycles. The molecule has 6 heteroatoms. The van der Waals surface area contributed by atoms with Crippen molar-refractivity contribution < 1.29 is 19.4 Å². The van der Waals surface area contributed by atoms with E-state index in [4.69, 9.17) is 16.3 Å². The number of hydrogen-bond donors (Lipinski definition) is 2. The van der Waals surface area contributed by atoms with E-state index in [1.54, 1.807) is 51.1 Å². The van der Waals surface area contributed by atoms with Gasteiger partial charge in [0.1, 0.15) is 5.60 Å². The number of carboxylic acids is 1. The van der Waals surface area contributed by atoms with Crippen molar-refractivity contribution in [1.82, 2.24) is 0 Å². The summed E-state index contributed by atoms with van der Waals surface area (Å²) in [5.74, 6) is -1.03. The number of halogens is 1. The number of aromatic carboxylic acids is 1. The second kappa shape index (κ2) is 6.93. The largest absolute Gasteiger partial charge is 0.478 e. The van der Waals surface area contributed by atoms with Gasteiger partial charge in [-0.3, -0.25) is 5.32 Å². The third kappa shape index (κ3) is 4.73. The Morgan fingerprint density at radius 2 is 1.71 bits per heavy atom. The van der Waals surface area contributed by atoms with Gasteiger partial charge in [0.15, 0.2) is 0 Å². The van der Waals surface area contributed by atoms with Gasteiger partial charge in [-0.2, -0.15) is 0 Å². The molecule has 0 spiro atoms. The molecular weight excluding hydrogens is 330 g/mol. The molecule has 0 aliphatic rings. The molecule has 24 heavy (non-hydrogen) atoms. The average molecular weight is 348 g/mol. The maximum Gasteiger partial charge on any atom is 0.412 e. The predicted molar refractivity (Wildman–Crippen MR) is 93.7 cm³/mol. The van der Waals surface area contributed by atoms with Crippen LogP contribution in [-0.2, 0) is 4.74 Å². The Balaban J connectivity index is 2.23. The van der Waals surface area contributed by atoms with Crippen LogP contribution in [0.15, 0.2) is 42.5 Å². The Kier molecular flexibility index (Phi) is 5.14. The fourth-order valence-electron chi connectivity index (χ4n) is 2.10. The Morgan fingerprint density at radius 3 is 2.25 bits per heavy atom. The number of nitrogens with one attached hydrogen (secondary N) is 1. The van der Waals surface area contributed by atoms with Crippen molar-refractivity contribution in [2.45, 2.75) is 26.4 Å². The summed E-state index contributed by atoms with van der Waals surface area (Å²) < 4.78 is 5.18. The normalized spacial score (nSPS) is 11.0. The lowest BCUT2D eigenvalue weighted by Gasteiger charge is -2.19. The Morgan fingerprint density at radius 1 is 1.08 bits per heavy atom. The monoisotopic (exact) mass is 347 g/mol. The van der Waals surface area contributed by atoms with Crippen molar-refractivity contribution in [2.24, 2.45) is 0 Å². The summed E-state index contributed by atoms with van der Waals surface area (Å²) in [6.07, 6.45) is -0.552. The SMILES string of the molecule is CC(C)(C)OC(=O)Nc1ccc(-c2cc(Cl)ccc2C(=O)O)cc1. The van der Waals surface area contributed by atoms with E-state index in [1.165, 1.54) is 12.1 Å². The molecule has 0 aromatic heterocycles. The number of carbonyl (C=O) groups excluding carboxylic acids is 1. The van der Waals surface area contributed by atoms with E-state index in [2.05, 4.69) is 5.32 Å². The first kappa shape index (κ1) is 17.8. The van der Waals surface area contributed by atoms with Gasteiger partial charge in [0.25, 0.3) is 0 Å². The van der Waals surface area contributed by atoms with Crippen molar-refractivity contribution in [2.75, 3.05) is 5.32 Å². The van der Waals surface area contributed by atoms with E-state index in [9.17, 15) is 14.7 Å². The van der Waals surface area contributed by atoms with Gasteiger partial charge < -0.3 is 9.84 Å². The summed E-state index contributed by atoms with van der Waals surface area (Å²) in [6, 6.07) is 11.4. The van der Waals surface area contributed by atoms with E-state index in [-0.39, 0.29) is 5.56 Å². The predicted octanol–water partition coefficient (Wildman–Crippen LogP) is 5.05. The second-order valence-corrected chi connectivity index (χ2v) is 6.64. The highest BCUT2D eigenvalue weighted by atomic mass is 35.5. The molecule has 0 fully saturated rings. The molecule has 0 bridgehead atoms. The van der Waals surface area contributed by atoms with Gasteiger partial charge in [0, 0.05) is 10.7 Å². The number of hydrogen-bond acceptors (Lipinski definition) is 3. The molecule has 0 atom stereocenters. The maximum atomic E-state index is 11.7. The Hall–Kier alpha value is -2.53. The molecule has 0 aliphatic carbocycles. The van der Waals surface area contributed by atoms with Crippen LogP contribution in [0.2, 0.25) is 5.02 Å². The van der Waals surface area contributed by atoms with E-state index in [1.807, 2.05) is 0 Å². The highest BCUT2D eigenvalue weighted by Gasteiger charge is 2.16. The molecule has 1 amide bonds. The molecule has 0 saturated heterocycles. The lowest BCUT2D eigenvalue weighted by Crippen LogP contribution is -2.27. The van der Waals surface area contributed by atoms with Crippen LogP contribution in [-0.4, -0.2) is 22.8 Å². The van der Waals surface area contributed by atoms with E-state index in [0.717, 1.165) is 0 Å². The first-order chi connectivity index (χ1) is 11.2. The minimum atomic E-state index is -1.03. The van der Waals surface area contributed by atoms with Crippen LogP contribution in [0.1, 0.15) is 31.1 Å². The van der Waals surface area contributed by atoms with Crippen LogP contribution in [0.3, 0.4) is 0 Å². The van der Waals surface area contributed by atoms with Gasteiger partial charge in [-0.25, -0.2) is 9.59 Å². The van der Waals surface area contributed by atoms with Crippen LogP contribution in [0.5, 0.6) is 0 Å². The standard InChI is InChI=1S/C18H18ClNO4/c1-18(2,3)24-17(23)20-13-7-4-11(5-8-13)15-10-12(19)6-9-14(15)16(21)22/h4-10H,1-3H3,(H,20,23)(H,21,22). The zero-order valence-electron chi connectivity index (χ0n) is 13.6. The maximum absolute atomic E-state index is 11.7. The zero-order chi connectivity index (χ0) is 17.9. The third-order valence-electron chi connectivity index (χ3n) is 3.05. The Labute approximate surface area is 145 Å². The van der Waals surface area contributed by atoms with Crippen LogP contribution >= 0.6 is 11.6 Å². The Bertz CT molecular complexity index is 764. The molecule has 0 unspecified atom stereocenters. The van der Waals surface area contributed by atoms with E-state index < -0.39 is 17.7 Å². The summed E-state index contributed by atoms with van der Waals surface area (Å²) >= 11 is 5.97. The number of carboxylic acid groups (broad SMARTS) is 1. The molecule has 2 N–H and O–H groups in total. The van der Waals surface area contributed by atoms with Crippen molar-refractivity contribution in [3.05, 3.63) is 53.1 Å². The van der Waals surface area contributed by atoms with Gasteiger partial charge in [-0.05, 0) is 62.2 Å². The first-order valence-electron chi connectivity index (χ1n) is 7.29. The van der Waals surface area contributed by atoms with Crippen LogP contribution in [0.25, 0.3) is 11.1 Å². The van der Waals surface area contributed by atoms with Gasteiger partial charge >= 0.3 is 12.1 Å². The molecule has 2 aromatic carbocycles. The molecule has 0 radical (unpaired) electrons. The molecule has 2 aromatic rings. The topological polar surface area (TPSA) is 75.6 Å². The quantitative estimate of drug-likeness (QED) is 0.814. The van der Waals surface area contributed by atoms with Crippen molar-refractivity contribution in [3.8, 4) is 11.1 Å². The van der Waals surface area contributed by atoms with Gasteiger partial charge in [-0.15, -0.1) is 0 Å². The number of benzene rings is 2. The lowest BCUT2D eigenvalue weighted by molar-refractivity contribution is 0.0634. The molecule has 5 nitrogen and oxygen atoms in total. The number of carbonyl (C=O) groups is 2. The second-order valence-electron chi connectivity index (χ2n) is 6.20. The fraction of sp³-hybridized carbons (Fsp3) is 0.222. The third-order valence-corrected chi connectivity index (χ3v) is 3.29. The molecule has 0 saturated carbocycles. The average Bonchev–Trinajstić information content (AvgIpc) is 2.45. The van der Waals surface area contributed by atoms with E-state index >= 15 is 0 Å². The molecule has 126 valence electrons. The summed E-state index contributed by atoms with van der Waals surface area (Å²) in [5.41, 5.74) is 1.32. The van der Waals surface area contributed by atoms with Gasteiger partial charge in [0.2, 0.25) is 0 Å². The van der Waals surface area contributed by atoms with E-state index in [0.29, 0.717) is 21.8 Å². The lowest BCUT2D eigenvalue weighted by atomic mass is 9.99. The summed E-state index contributed by atoms with van der Waals surface area (Å²) in [4.78, 5) is 23.1. The van der Waals surface area contributed by atoms with Gasteiger partial charge in [0.05, 0.1) is 5.56 Å². The smallest absolute Gasteiger partial charge is 0.412 e. The highest BCUT2D eigenvalue weighted by molar-refractivity contribution is 6.31. The van der Waals surface area contributed by atoms with Gasteiger partial charge in [-0.1, -0.05) is 23.7 Å². The fourth-order valence-corrected chi connectivity index (χ4v) is 2.27. The van der Waals surface area contributed by atoms with Crippen LogP contribution in [0, 0.1) is 0 Å². The number of rotatable bonds is 3. The van der Waals surface area contributed by atoms with Crippen molar-refractivity contribution in [1.29, 1.82) is 0 Å². The number of ether oxygens (including phenoxy) is 1. The molecular formula is C18H18ClNO4. The summed E-state index contributed by atoms with van der Waals surface area (Å²) in [5, 5.41) is 12.4. The molecule has 2 rings (SSSR count). The minimum absolute atomic E-state index is 0.159. The van der Waals surface area contributed by atoms with Crippen LogP contribution in [0.4, 0.5) is 10.5 Å². The van der Waals surface area contributed by atoms with Crippen molar-refractivity contribution in [3.63, 3.8) is 0 Å². The first-order valence-corrected chi connectivity index (χ1v) is 7.67. The minimum Gasteiger partial charge on any atom is -0.478 e. The number of anilines is 1. The summed E-state index contributed by atoms with van der Waals surface area (Å²) in [7, 11) is 0.